The SMILES string of the molecule is COCCN(Cc1ccc(C)cc1)Cc1cc(=O)n2nc(C3CCCCC3)sc2n1. The maximum atomic E-state index is 12.7. The maximum Gasteiger partial charge on any atom is 0.275 e. The van der Waals surface area contributed by atoms with Crippen LogP contribution in [-0.2, 0) is 17.8 Å². The maximum absolute atomic E-state index is 12.7. The Labute approximate surface area is 181 Å². The molecule has 0 amide bonds. The summed E-state index contributed by atoms with van der Waals surface area (Å²) in [6.07, 6.45) is 6.15. The van der Waals surface area contributed by atoms with Gasteiger partial charge in [0.05, 0.1) is 12.3 Å². The minimum absolute atomic E-state index is 0.0877. The van der Waals surface area contributed by atoms with Crippen molar-refractivity contribution in [2.45, 2.75) is 58.0 Å². The topological polar surface area (TPSA) is 59.7 Å². The standard InChI is InChI=1S/C23H30N4O2S/c1-17-8-10-18(11-9-17)15-26(12-13-29-2)16-20-14-21(28)27-23(24-20)30-22(25-27)19-6-4-3-5-7-19/h8-11,14,19H,3-7,12-13,15-16H2,1-2H3. The molecule has 0 saturated heterocycles. The highest BCUT2D eigenvalue weighted by Crippen LogP contribution is 2.34. The van der Waals surface area contributed by atoms with Crippen LogP contribution in [0.5, 0.6) is 0 Å². The van der Waals surface area contributed by atoms with E-state index in [1.165, 1.54) is 47.7 Å². The fraction of sp³-hybridized carbons (Fsp3) is 0.522. The second-order valence-electron chi connectivity index (χ2n) is 8.24. The summed E-state index contributed by atoms with van der Waals surface area (Å²) in [5, 5.41) is 5.67. The van der Waals surface area contributed by atoms with E-state index in [2.05, 4.69) is 41.2 Å². The Kier molecular flexibility index (Phi) is 6.92. The molecule has 0 bridgehead atoms. The molecule has 6 nitrogen and oxygen atoms in total. The molecule has 0 unspecified atom stereocenters. The molecule has 0 radical (unpaired) electrons. The van der Waals surface area contributed by atoms with E-state index in [1.807, 2.05) is 0 Å². The quantitative estimate of drug-likeness (QED) is 0.541. The molecule has 1 saturated carbocycles. The second kappa shape index (κ2) is 9.81. The van der Waals surface area contributed by atoms with Crippen molar-refractivity contribution in [3.05, 3.63) is 62.5 Å². The van der Waals surface area contributed by atoms with E-state index in [9.17, 15) is 4.79 Å². The van der Waals surface area contributed by atoms with Crippen LogP contribution < -0.4 is 5.56 Å². The van der Waals surface area contributed by atoms with Crippen molar-refractivity contribution in [3.8, 4) is 0 Å². The zero-order valence-corrected chi connectivity index (χ0v) is 18.7. The number of methoxy groups -OCH3 is 1. The lowest BCUT2D eigenvalue weighted by Crippen LogP contribution is -2.28. The number of benzene rings is 1. The van der Waals surface area contributed by atoms with Gasteiger partial charge in [-0.05, 0) is 25.3 Å². The Balaban J connectivity index is 1.54. The zero-order chi connectivity index (χ0) is 20.9. The first-order valence-electron chi connectivity index (χ1n) is 10.8. The highest BCUT2D eigenvalue weighted by atomic mass is 32.1. The van der Waals surface area contributed by atoms with Crippen LogP contribution in [0.1, 0.15) is 59.9 Å². The summed E-state index contributed by atoms with van der Waals surface area (Å²) in [7, 11) is 1.71. The first kappa shape index (κ1) is 21.2. The van der Waals surface area contributed by atoms with Gasteiger partial charge in [-0.2, -0.15) is 9.61 Å². The Hall–Kier alpha value is -2.09. The van der Waals surface area contributed by atoms with E-state index in [0.717, 1.165) is 23.8 Å². The largest absolute Gasteiger partial charge is 0.383 e. The molecule has 1 aliphatic rings. The van der Waals surface area contributed by atoms with Crippen LogP contribution in [0.3, 0.4) is 0 Å². The lowest BCUT2D eigenvalue weighted by atomic mass is 9.90. The van der Waals surface area contributed by atoms with Gasteiger partial charge in [-0.15, -0.1) is 0 Å². The van der Waals surface area contributed by atoms with Crippen LogP contribution in [0.2, 0.25) is 0 Å². The Bertz CT molecular complexity index is 1020. The predicted molar refractivity (Wildman–Crippen MR) is 120 cm³/mol. The predicted octanol–water partition coefficient (Wildman–Crippen LogP) is 4.16. The van der Waals surface area contributed by atoms with Crippen molar-refractivity contribution in [2.75, 3.05) is 20.3 Å². The number of rotatable bonds is 8. The summed E-state index contributed by atoms with van der Waals surface area (Å²) < 4.78 is 6.78. The number of ether oxygens (including phenoxy) is 1. The number of nitrogens with zero attached hydrogens (tertiary/aromatic N) is 4. The molecule has 160 valence electrons. The smallest absolute Gasteiger partial charge is 0.275 e. The van der Waals surface area contributed by atoms with Gasteiger partial charge in [-0.1, -0.05) is 60.4 Å². The minimum atomic E-state index is -0.0877. The minimum Gasteiger partial charge on any atom is -0.383 e. The summed E-state index contributed by atoms with van der Waals surface area (Å²) in [6, 6.07) is 10.2. The zero-order valence-electron chi connectivity index (χ0n) is 17.8. The molecular formula is C23H30N4O2S. The van der Waals surface area contributed by atoms with Crippen LogP contribution in [0.25, 0.3) is 4.96 Å². The third-order valence-corrected chi connectivity index (χ3v) is 6.86. The molecule has 1 fully saturated rings. The summed E-state index contributed by atoms with van der Waals surface area (Å²) in [6.45, 7) is 4.91. The highest BCUT2D eigenvalue weighted by Gasteiger charge is 2.21. The van der Waals surface area contributed by atoms with E-state index in [-0.39, 0.29) is 5.56 Å². The molecule has 2 aromatic heterocycles. The molecule has 30 heavy (non-hydrogen) atoms. The van der Waals surface area contributed by atoms with E-state index in [0.29, 0.717) is 24.0 Å². The van der Waals surface area contributed by atoms with Crippen LogP contribution in [0, 0.1) is 6.92 Å². The van der Waals surface area contributed by atoms with Gasteiger partial charge in [-0.3, -0.25) is 9.69 Å². The third-order valence-electron chi connectivity index (χ3n) is 5.79. The average Bonchev–Trinajstić information content (AvgIpc) is 3.19. The molecule has 2 heterocycles. The molecule has 4 rings (SSSR count). The Morgan fingerprint density at radius 1 is 1.17 bits per heavy atom. The van der Waals surface area contributed by atoms with Crippen LogP contribution in [0.4, 0.5) is 0 Å². The van der Waals surface area contributed by atoms with Gasteiger partial charge in [0, 0.05) is 38.7 Å². The van der Waals surface area contributed by atoms with Crippen molar-refractivity contribution in [1.82, 2.24) is 19.5 Å². The third kappa shape index (κ3) is 5.14. The average molecular weight is 427 g/mol. The number of hydrogen-bond donors (Lipinski definition) is 0. The van der Waals surface area contributed by atoms with E-state index < -0.39 is 0 Å². The normalized spacial score (nSPS) is 15.3. The number of hydrogen-bond acceptors (Lipinski definition) is 6. The molecule has 0 spiro atoms. The van der Waals surface area contributed by atoms with Gasteiger partial charge < -0.3 is 4.74 Å². The van der Waals surface area contributed by atoms with Crippen LogP contribution in [0.15, 0.2) is 35.1 Å². The van der Waals surface area contributed by atoms with Gasteiger partial charge in [0.25, 0.3) is 5.56 Å². The molecule has 7 heteroatoms. The Morgan fingerprint density at radius 3 is 2.67 bits per heavy atom. The number of aryl methyl sites for hydroxylation is 1. The van der Waals surface area contributed by atoms with Crippen LogP contribution in [-0.4, -0.2) is 39.8 Å². The first-order chi connectivity index (χ1) is 14.6. The van der Waals surface area contributed by atoms with E-state index in [4.69, 9.17) is 9.72 Å². The molecule has 3 aromatic rings. The molecule has 1 aromatic carbocycles. The summed E-state index contributed by atoms with van der Waals surface area (Å²) in [4.78, 5) is 20.5. The van der Waals surface area contributed by atoms with Gasteiger partial charge in [0.15, 0.2) is 0 Å². The second-order valence-corrected chi connectivity index (χ2v) is 9.23. The summed E-state index contributed by atoms with van der Waals surface area (Å²) >= 11 is 1.58. The van der Waals surface area contributed by atoms with E-state index >= 15 is 0 Å². The monoisotopic (exact) mass is 426 g/mol. The molecular weight excluding hydrogens is 396 g/mol. The molecule has 0 aliphatic heterocycles. The fourth-order valence-corrected chi connectivity index (χ4v) is 5.17. The lowest BCUT2D eigenvalue weighted by Gasteiger charge is -2.21. The van der Waals surface area contributed by atoms with Crippen molar-refractivity contribution >= 4 is 16.3 Å². The molecule has 0 atom stereocenters. The lowest BCUT2D eigenvalue weighted by molar-refractivity contribution is 0.139. The van der Waals surface area contributed by atoms with Crippen molar-refractivity contribution in [2.24, 2.45) is 0 Å². The summed E-state index contributed by atoms with van der Waals surface area (Å²) in [5.41, 5.74) is 3.20. The number of aromatic nitrogens is 3. The van der Waals surface area contributed by atoms with Crippen molar-refractivity contribution in [1.29, 1.82) is 0 Å². The van der Waals surface area contributed by atoms with Crippen molar-refractivity contribution in [3.63, 3.8) is 0 Å². The van der Waals surface area contributed by atoms with Gasteiger partial charge in [0.1, 0.15) is 5.01 Å². The van der Waals surface area contributed by atoms with Gasteiger partial charge in [-0.25, -0.2) is 4.98 Å². The first-order valence-corrected chi connectivity index (χ1v) is 11.6. The Morgan fingerprint density at radius 2 is 1.93 bits per heavy atom. The van der Waals surface area contributed by atoms with Crippen molar-refractivity contribution < 1.29 is 4.74 Å². The van der Waals surface area contributed by atoms with Gasteiger partial charge in [0.2, 0.25) is 4.96 Å². The fourth-order valence-electron chi connectivity index (χ4n) is 4.08. The number of fused-ring (bicyclic) bond motifs is 1. The van der Waals surface area contributed by atoms with Gasteiger partial charge >= 0.3 is 0 Å². The molecule has 1 aliphatic carbocycles. The van der Waals surface area contributed by atoms with Crippen LogP contribution >= 0.6 is 11.3 Å². The highest BCUT2D eigenvalue weighted by molar-refractivity contribution is 7.16. The van der Waals surface area contributed by atoms with E-state index in [1.54, 1.807) is 24.5 Å². The molecule has 0 N–H and O–H groups in total. The summed E-state index contributed by atoms with van der Waals surface area (Å²) in [5.74, 6) is 0.480.